The number of ether oxygens (including phenoxy) is 1. The molecule has 0 atom stereocenters. The highest BCUT2D eigenvalue weighted by Gasteiger charge is 2.20. The van der Waals surface area contributed by atoms with E-state index in [0.717, 1.165) is 42.9 Å². The van der Waals surface area contributed by atoms with E-state index in [0.29, 0.717) is 5.56 Å². The van der Waals surface area contributed by atoms with E-state index < -0.39 is 0 Å². The van der Waals surface area contributed by atoms with Gasteiger partial charge in [-0.05, 0) is 25.2 Å². The van der Waals surface area contributed by atoms with Gasteiger partial charge in [-0.2, -0.15) is 5.10 Å². The minimum absolute atomic E-state index is 0.315. The summed E-state index contributed by atoms with van der Waals surface area (Å²) in [7, 11) is 5.46. The fourth-order valence-corrected chi connectivity index (χ4v) is 2.74. The number of benzene rings is 1. The quantitative estimate of drug-likeness (QED) is 0.775. The van der Waals surface area contributed by atoms with Gasteiger partial charge in [-0.25, -0.2) is 4.79 Å². The van der Waals surface area contributed by atoms with Gasteiger partial charge in [-0.3, -0.25) is 4.68 Å². The van der Waals surface area contributed by atoms with Crippen molar-refractivity contribution in [2.75, 3.05) is 45.2 Å². The first kappa shape index (κ1) is 13.9. The molecule has 0 bridgehead atoms. The number of rotatable bonds is 2. The summed E-state index contributed by atoms with van der Waals surface area (Å²) in [6.07, 6.45) is 0. The second-order valence-corrected chi connectivity index (χ2v) is 5.46. The third-order valence-electron chi connectivity index (χ3n) is 4.05. The van der Waals surface area contributed by atoms with Crippen LogP contribution in [0.2, 0.25) is 0 Å². The first-order chi connectivity index (χ1) is 10.1. The number of hydrogen-bond donors (Lipinski definition) is 0. The number of piperazine rings is 1. The number of fused-ring (bicyclic) bond motifs is 1. The Morgan fingerprint density at radius 1 is 1.19 bits per heavy atom. The monoisotopic (exact) mass is 288 g/mol. The summed E-state index contributed by atoms with van der Waals surface area (Å²) in [5, 5.41) is 5.64. The summed E-state index contributed by atoms with van der Waals surface area (Å²) in [5.41, 5.74) is 1.59. The minimum Gasteiger partial charge on any atom is -0.465 e. The molecule has 6 nitrogen and oxygen atoms in total. The van der Waals surface area contributed by atoms with Crippen LogP contribution in [0.3, 0.4) is 0 Å². The molecule has 1 fully saturated rings. The normalized spacial score (nSPS) is 16.4. The average molecular weight is 288 g/mol. The summed E-state index contributed by atoms with van der Waals surface area (Å²) in [4.78, 5) is 16.3. The number of aryl methyl sites for hydroxylation is 1. The summed E-state index contributed by atoms with van der Waals surface area (Å²) >= 11 is 0. The third kappa shape index (κ3) is 2.47. The number of anilines is 1. The number of carbonyl (C=O) groups excluding carboxylic acids is 1. The van der Waals surface area contributed by atoms with Crippen LogP contribution in [0, 0.1) is 0 Å². The summed E-state index contributed by atoms with van der Waals surface area (Å²) in [6.45, 7) is 3.94. The molecule has 0 aliphatic carbocycles. The maximum atomic E-state index is 11.7. The molecule has 1 aliphatic heterocycles. The Morgan fingerprint density at radius 3 is 2.57 bits per heavy atom. The molecular formula is C15H20N4O2. The smallest absolute Gasteiger partial charge is 0.337 e. The number of carbonyl (C=O) groups is 1. The van der Waals surface area contributed by atoms with Crippen molar-refractivity contribution >= 4 is 22.7 Å². The van der Waals surface area contributed by atoms with Crippen molar-refractivity contribution < 1.29 is 9.53 Å². The molecule has 2 aromatic rings. The van der Waals surface area contributed by atoms with Crippen LogP contribution in [0.5, 0.6) is 0 Å². The van der Waals surface area contributed by atoms with Gasteiger partial charge in [0.15, 0.2) is 5.82 Å². The van der Waals surface area contributed by atoms with Gasteiger partial charge in [-0.1, -0.05) is 0 Å². The SMILES string of the molecule is COC(=O)c1ccc2c(c1)c(N1CCN(C)CC1)nn2C. The number of esters is 1. The third-order valence-corrected chi connectivity index (χ3v) is 4.05. The lowest BCUT2D eigenvalue weighted by atomic mass is 10.1. The predicted molar refractivity (Wildman–Crippen MR) is 81.8 cm³/mol. The number of hydrogen-bond acceptors (Lipinski definition) is 5. The molecule has 1 aliphatic rings. The van der Waals surface area contributed by atoms with Crippen molar-refractivity contribution in [2.45, 2.75) is 0 Å². The largest absolute Gasteiger partial charge is 0.465 e. The fourth-order valence-electron chi connectivity index (χ4n) is 2.74. The molecule has 0 unspecified atom stereocenters. The maximum Gasteiger partial charge on any atom is 0.337 e. The molecule has 21 heavy (non-hydrogen) atoms. The Balaban J connectivity index is 2.03. The molecule has 1 aromatic heterocycles. The molecule has 112 valence electrons. The highest BCUT2D eigenvalue weighted by molar-refractivity contribution is 5.98. The van der Waals surface area contributed by atoms with Crippen molar-refractivity contribution in [2.24, 2.45) is 7.05 Å². The van der Waals surface area contributed by atoms with Gasteiger partial charge in [0.1, 0.15) is 0 Å². The van der Waals surface area contributed by atoms with Crippen LogP contribution >= 0.6 is 0 Å². The molecule has 2 heterocycles. The van der Waals surface area contributed by atoms with Gasteiger partial charge in [0, 0.05) is 38.6 Å². The first-order valence-electron chi connectivity index (χ1n) is 7.08. The first-order valence-corrected chi connectivity index (χ1v) is 7.08. The zero-order chi connectivity index (χ0) is 15.0. The molecular weight excluding hydrogens is 268 g/mol. The van der Waals surface area contributed by atoms with Gasteiger partial charge in [-0.15, -0.1) is 0 Å². The van der Waals surface area contributed by atoms with Crippen LogP contribution in [0.15, 0.2) is 18.2 Å². The van der Waals surface area contributed by atoms with E-state index in [1.165, 1.54) is 7.11 Å². The lowest BCUT2D eigenvalue weighted by molar-refractivity contribution is 0.0601. The number of aromatic nitrogens is 2. The van der Waals surface area contributed by atoms with Crippen LogP contribution in [-0.2, 0) is 11.8 Å². The molecule has 0 radical (unpaired) electrons. The summed E-state index contributed by atoms with van der Waals surface area (Å²) in [6, 6.07) is 5.58. The van der Waals surface area contributed by atoms with Crippen molar-refractivity contribution in [3.8, 4) is 0 Å². The summed E-state index contributed by atoms with van der Waals surface area (Å²) < 4.78 is 6.67. The molecule has 1 aromatic carbocycles. The van der Waals surface area contributed by atoms with Crippen molar-refractivity contribution in [3.05, 3.63) is 23.8 Å². The predicted octanol–water partition coefficient (Wildman–Crippen LogP) is 1.11. The number of nitrogens with zero attached hydrogens (tertiary/aromatic N) is 4. The second kappa shape index (κ2) is 5.37. The van der Waals surface area contributed by atoms with Crippen LogP contribution in [-0.4, -0.2) is 61.0 Å². The van der Waals surface area contributed by atoms with Crippen LogP contribution in [0.4, 0.5) is 5.82 Å². The van der Waals surface area contributed by atoms with Crippen molar-refractivity contribution in [3.63, 3.8) is 0 Å². The van der Waals surface area contributed by atoms with Gasteiger partial charge in [0.25, 0.3) is 0 Å². The maximum absolute atomic E-state index is 11.7. The second-order valence-electron chi connectivity index (χ2n) is 5.46. The van der Waals surface area contributed by atoms with Crippen LogP contribution in [0.1, 0.15) is 10.4 Å². The fraction of sp³-hybridized carbons (Fsp3) is 0.467. The lowest BCUT2D eigenvalue weighted by Crippen LogP contribution is -2.44. The zero-order valence-corrected chi connectivity index (χ0v) is 12.7. The van der Waals surface area contributed by atoms with Crippen LogP contribution < -0.4 is 4.90 Å². The standard InChI is InChI=1S/C15H20N4O2/c1-17-6-8-19(9-7-17)14-12-10-11(15(20)21-3)4-5-13(12)18(2)16-14/h4-5,10H,6-9H2,1-3H3. The highest BCUT2D eigenvalue weighted by Crippen LogP contribution is 2.27. The Morgan fingerprint density at radius 2 is 1.90 bits per heavy atom. The van der Waals surface area contributed by atoms with Gasteiger partial charge in [0.2, 0.25) is 0 Å². The number of likely N-dealkylation sites (N-methyl/N-ethyl adjacent to an activating group) is 1. The zero-order valence-electron chi connectivity index (χ0n) is 12.7. The minimum atomic E-state index is -0.315. The van der Waals surface area contributed by atoms with E-state index in [-0.39, 0.29) is 5.97 Å². The van der Waals surface area contributed by atoms with Crippen LogP contribution in [0.25, 0.3) is 10.9 Å². The molecule has 0 saturated carbocycles. The molecule has 0 spiro atoms. The van der Waals surface area contributed by atoms with E-state index in [9.17, 15) is 4.79 Å². The molecule has 1 saturated heterocycles. The van der Waals surface area contributed by atoms with E-state index >= 15 is 0 Å². The Kier molecular flexibility index (Phi) is 3.55. The molecule has 0 N–H and O–H groups in total. The molecule has 3 rings (SSSR count). The van der Waals surface area contributed by atoms with Crippen molar-refractivity contribution in [1.29, 1.82) is 0 Å². The van der Waals surface area contributed by atoms with E-state index in [1.54, 1.807) is 6.07 Å². The molecule has 0 amide bonds. The molecule has 6 heteroatoms. The van der Waals surface area contributed by atoms with E-state index in [2.05, 4.69) is 21.9 Å². The van der Waals surface area contributed by atoms with Gasteiger partial charge < -0.3 is 14.5 Å². The highest BCUT2D eigenvalue weighted by atomic mass is 16.5. The number of methoxy groups -OCH3 is 1. The Bertz CT molecular complexity index is 672. The topological polar surface area (TPSA) is 50.6 Å². The Labute approximate surface area is 123 Å². The average Bonchev–Trinajstić information content (AvgIpc) is 2.84. The Hall–Kier alpha value is -2.08. The van der Waals surface area contributed by atoms with Gasteiger partial charge in [0.05, 0.1) is 18.2 Å². The van der Waals surface area contributed by atoms with Crippen molar-refractivity contribution in [1.82, 2.24) is 14.7 Å². The summed E-state index contributed by atoms with van der Waals surface area (Å²) in [5.74, 6) is 0.636. The van der Waals surface area contributed by atoms with Gasteiger partial charge >= 0.3 is 5.97 Å². The van der Waals surface area contributed by atoms with E-state index in [4.69, 9.17) is 4.74 Å². The lowest BCUT2D eigenvalue weighted by Gasteiger charge is -2.32. The van der Waals surface area contributed by atoms with E-state index in [1.807, 2.05) is 23.9 Å².